The topological polar surface area (TPSA) is 54.3 Å². The molecule has 4 rings (SSSR count). The Morgan fingerprint density at radius 1 is 1.00 bits per heavy atom. The number of hydrogen-bond donors (Lipinski definition) is 2. The number of phenolic OH excluding ortho intramolecular Hbond substituents is 1. The summed E-state index contributed by atoms with van der Waals surface area (Å²) in [5.74, 6) is -0.595. The zero-order valence-corrected chi connectivity index (χ0v) is 12.5. The van der Waals surface area contributed by atoms with Crippen molar-refractivity contribution in [3.63, 3.8) is 0 Å². The van der Waals surface area contributed by atoms with E-state index in [9.17, 15) is 14.3 Å². The molecular weight excluding hydrogens is 307 g/mol. The molecule has 1 aromatic heterocycles. The normalized spacial score (nSPS) is 14.7. The number of halogens is 1. The zero-order valence-electron chi connectivity index (χ0n) is 12.5. The van der Waals surface area contributed by atoms with Gasteiger partial charge in [0.1, 0.15) is 11.6 Å². The van der Waals surface area contributed by atoms with Crippen LogP contribution in [0.4, 0.5) is 10.1 Å². The van der Waals surface area contributed by atoms with Gasteiger partial charge in [-0.1, -0.05) is 12.1 Å². The standard InChI is InChI=1S/C19H13FN2O2/c20-15-7-8-16-18(17(15)12-3-5-13(23)6-4-12)14(19(24)21-16)11-22-9-1-2-10-22/h1-11,23H,(H,21,24). The summed E-state index contributed by atoms with van der Waals surface area (Å²) in [5, 5.41) is 12.2. The Hall–Kier alpha value is -3.34. The summed E-state index contributed by atoms with van der Waals surface area (Å²) in [5.41, 5.74) is 2.42. The maximum Gasteiger partial charge on any atom is 0.257 e. The van der Waals surface area contributed by atoms with Gasteiger partial charge in [0, 0.05) is 35.4 Å². The number of rotatable bonds is 2. The highest BCUT2D eigenvalue weighted by molar-refractivity contribution is 6.35. The SMILES string of the molecule is O=C1Nc2ccc(F)c(-c3ccc(O)cc3)c2C1=Cn1cccc1. The molecule has 0 bridgehead atoms. The molecule has 3 aromatic rings. The molecule has 0 saturated carbocycles. The summed E-state index contributed by atoms with van der Waals surface area (Å²) < 4.78 is 16.3. The van der Waals surface area contributed by atoms with Gasteiger partial charge < -0.3 is 15.0 Å². The van der Waals surface area contributed by atoms with Gasteiger partial charge in [0.15, 0.2) is 0 Å². The molecule has 0 fully saturated rings. The Bertz CT molecular complexity index is 958. The number of anilines is 1. The van der Waals surface area contributed by atoms with Crippen LogP contribution in [0, 0.1) is 5.82 Å². The van der Waals surface area contributed by atoms with Crippen LogP contribution in [0.1, 0.15) is 5.56 Å². The van der Waals surface area contributed by atoms with Crippen molar-refractivity contribution in [3.05, 3.63) is 72.3 Å². The van der Waals surface area contributed by atoms with Crippen LogP contribution in [-0.4, -0.2) is 15.6 Å². The molecule has 2 aromatic carbocycles. The molecule has 118 valence electrons. The van der Waals surface area contributed by atoms with E-state index in [1.54, 1.807) is 41.4 Å². The first-order chi connectivity index (χ1) is 11.6. The lowest BCUT2D eigenvalue weighted by molar-refractivity contribution is -0.110. The number of carbonyl (C=O) groups excluding carboxylic acids is 1. The predicted octanol–water partition coefficient (Wildman–Crippen LogP) is 3.95. The first kappa shape index (κ1) is 14.3. The van der Waals surface area contributed by atoms with Crippen molar-refractivity contribution >= 4 is 23.4 Å². The molecule has 2 N–H and O–H groups in total. The molecule has 24 heavy (non-hydrogen) atoms. The van der Waals surface area contributed by atoms with E-state index in [1.807, 2.05) is 12.1 Å². The summed E-state index contributed by atoms with van der Waals surface area (Å²) in [6.07, 6.45) is 5.28. The highest BCUT2D eigenvalue weighted by Gasteiger charge is 2.29. The summed E-state index contributed by atoms with van der Waals surface area (Å²) >= 11 is 0. The maximum atomic E-state index is 14.6. The van der Waals surface area contributed by atoms with Crippen molar-refractivity contribution in [2.24, 2.45) is 0 Å². The van der Waals surface area contributed by atoms with Crippen LogP contribution in [0.2, 0.25) is 0 Å². The molecule has 0 saturated heterocycles. The predicted molar refractivity (Wildman–Crippen MR) is 90.7 cm³/mol. The molecule has 2 heterocycles. The average Bonchev–Trinajstić information content (AvgIpc) is 3.18. The molecule has 0 unspecified atom stereocenters. The molecule has 0 aliphatic carbocycles. The average molecular weight is 320 g/mol. The Balaban J connectivity index is 1.96. The second-order valence-corrected chi connectivity index (χ2v) is 5.52. The van der Waals surface area contributed by atoms with E-state index in [2.05, 4.69) is 5.32 Å². The van der Waals surface area contributed by atoms with Crippen LogP contribution < -0.4 is 5.32 Å². The van der Waals surface area contributed by atoms with Crippen molar-refractivity contribution in [2.75, 3.05) is 5.32 Å². The van der Waals surface area contributed by atoms with Crippen molar-refractivity contribution in [2.45, 2.75) is 0 Å². The Kier molecular flexibility index (Phi) is 3.20. The van der Waals surface area contributed by atoms with Gasteiger partial charge in [0.2, 0.25) is 0 Å². The molecule has 5 heteroatoms. The highest BCUT2D eigenvalue weighted by Crippen LogP contribution is 2.41. The van der Waals surface area contributed by atoms with E-state index in [1.165, 1.54) is 18.2 Å². The third-order valence-electron chi connectivity index (χ3n) is 3.98. The smallest absolute Gasteiger partial charge is 0.257 e. The molecular formula is C19H13FN2O2. The van der Waals surface area contributed by atoms with Gasteiger partial charge >= 0.3 is 0 Å². The number of nitrogens with zero attached hydrogens (tertiary/aromatic N) is 1. The van der Waals surface area contributed by atoms with Crippen LogP contribution in [0.25, 0.3) is 22.9 Å². The van der Waals surface area contributed by atoms with Crippen LogP contribution in [-0.2, 0) is 4.79 Å². The summed E-state index contributed by atoms with van der Waals surface area (Å²) in [6, 6.07) is 12.8. The number of carbonyl (C=O) groups is 1. The largest absolute Gasteiger partial charge is 0.508 e. The van der Waals surface area contributed by atoms with Gasteiger partial charge in [-0.05, 0) is 42.0 Å². The Morgan fingerprint density at radius 2 is 1.71 bits per heavy atom. The Morgan fingerprint density at radius 3 is 2.42 bits per heavy atom. The van der Waals surface area contributed by atoms with Gasteiger partial charge in [-0.2, -0.15) is 0 Å². The molecule has 0 radical (unpaired) electrons. The molecule has 0 atom stereocenters. The van der Waals surface area contributed by atoms with Crippen LogP contribution in [0.3, 0.4) is 0 Å². The molecule has 1 aliphatic rings. The van der Waals surface area contributed by atoms with E-state index in [0.29, 0.717) is 28.0 Å². The summed E-state index contributed by atoms with van der Waals surface area (Å²) in [4.78, 5) is 12.4. The molecule has 0 spiro atoms. The van der Waals surface area contributed by atoms with Crippen molar-refractivity contribution in [1.29, 1.82) is 0 Å². The van der Waals surface area contributed by atoms with Crippen molar-refractivity contribution < 1.29 is 14.3 Å². The van der Waals surface area contributed by atoms with Crippen molar-refractivity contribution in [3.8, 4) is 16.9 Å². The Labute approximate surface area is 137 Å². The van der Waals surface area contributed by atoms with Crippen LogP contribution >= 0.6 is 0 Å². The van der Waals surface area contributed by atoms with E-state index >= 15 is 0 Å². The van der Waals surface area contributed by atoms with E-state index < -0.39 is 5.82 Å². The number of amides is 1. The number of fused-ring (bicyclic) bond motifs is 1. The minimum atomic E-state index is -0.422. The zero-order chi connectivity index (χ0) is 16.7. The first-order valence-electron chi connectivity index (χ1n) is 7.41. The lowest BCUT2D eigenvalue weighted by Gasteiger charge is -2.10. The van der Waals surface area contributed by atoms with Crippen LogP contribution in [0.15, 0.2) is 60.9 Å². The lowest BCUT2D eigenvalue weighted by Crippen LogP contribution is -2.04. The highest BCUT2D eigenvalue weighted by atomic mass is 19.1. The lowest BCUT2D eigenvalue weighted by atomic mass is 9.94. The second kappa shape index (κ2) is 5.38. The minimum absolute atomic E-state index is 0.101. The van der Waals surface area contributed by atoms with Crippen molar-refractivity contribution in [1.82, 2.24) is 4.57 Å². The number of benzene rings is 2. The second-order valence-electron chi connectivity index (χ2n) is 5.52. The monoisotopic (exact) mass is 320 g/mol. The van der Waals surface area contributed by atoms with Gasteiger partial charge in [0.05, 0.1) is 5.57 Å². The van der Waals surface area contributed by atoms with Gasteiger partial charge in [-0.15, -0.1) is 0 Å². The number of hydrogen-bond acceptors (Lipinski definition) is 2. The minimum Gasteiger partial charge on any atom is -0.508 e. The van der Waals surface area contributed by atoms with Gasteiger partial charge in [-0.25, -0.2) is 4.39 Å². The first-order valence-corrected chi connectivity index (χ1v) is 7.41. The summed E-state index contributed by atoms with van der Waals surface area (Å²) in [7, 11) is 0. The number of phenols is 1. The van der Waals surface area contributed by atoms with Gasteiger partial charge in [0.25, 0.3) is 5.91 Å². The summed E-state index contributed by atoms with van der Waals surface area (Å²) in [6.45, 7) is 0. The molecule has 1 amide bonds. The van der Waals surface area contributed by atoms with Crippen LogP contribution in [0.5, 0.6) is 5.75 Å². The van der Waals surface area contributed by atoms with E-state index in [-0.39, 0.29) is 11.7 Å². The third kappa shape index (κ3) is 2.27. The van der Waals surface area contributed by atoms with Gasteiger partial charge in [-0.3, -0.25) is 4.79 Å². The number of aromatic hydroxyl groups is 1. The number of nitrogens with one attached hydrogen (secondary N) is 1. The third-order valence-corrected chi connectivity index (χ3v) is 3.98. The van der Waals surface area contributed by atoms with E-state index in [0.717, 1.165) is 0 Å². The fourth-order valence-electron chi connectivity index (χ4n) is 2.88. The maximum absolute atomic E-state index is 14.6. The fourth-order valence-corrected chi connectivity index (χ4v) is 2.88. The number of aromatic nitrogens is 1. The quantitative estimate of drug-likeness (QED) is 0.703. The molecule has 4 nitrogen and oxygen atoms in total. The fraction of sp³-hybridized carbons (Fsp3) is 0. The molecule has 1 aliphatic heterocycles. The van der Waals surface area contributed by atoms with E-state index in [4.69, 9.17) is 0 Å².